The second kappa shape index (κ2) is 7.46. The molecule has 30 heavy (non-hydrogen) atoms. The molecule has 0 aliphatic carbocycles. The zero-order valence-corrected chi connectivity index (χ0v) is 17.2. The highest BCUT2D eigenvalue weighted by atomic mass is 32.1. The summed E-state index contributed by atoms with van der Waals surface area (Å²) in [5.41, 5.74) is 3.72. The van der Waals surface area contributed by atoms with E-state index in [0.717, 1.165) is 57.4 Å². The summed E-state index contributed by atoms with van der Waals surface area (Å²) in [6.45, 7) is 4.12. The molecule has 0 saturated heterocycles. The first-order chi connectivity index (χ1) is 14.6. The van der Waals surface area contributed by atoms with E-state index in [9.17, 15) is 9.90 Å². The van der Waals surface area contributed by atoms with Crippen molar-refractivity contribution in [3.63, 3.8) is 0 Å². The van der Waals surface area contributed by atoms with Gasteiger partial charge in [0.25, 0.3) is 0 Å². The molecule has 7 nitrogen and oxygen atoms in total. The van der Waals surface area contributed by atoms with Crippen LogP contribution in [0.3, 0.4) is 0 Å². The molecule has 5 rings (SSSR count). The van der Waals surface area contributed by atoms with Gasteiger partial charge in [-0.15, -0.1) is 0 Å². The summed E-state index contributed by atoms with van der Waals surface area (Å²) < 4.78 is 8.41. The van der Waals surface area contributed by atoms with Crippen molar-refractivity contribution in [3.05, 3.63) is 65.7 Å². The fourth-order valence-electron chi connectivity index (χ4n) is 3.68. The number of aromatic carboxylic acids is 1. The van der Waals surface area contributed by atoms with Crippen molar-refractivity contribution in [2.75, 3.05) is 18.0 Å². The SMILES string of the molecule is Cc1cc(C(=O)O)nn1Cc1cc(-c2ccco2)cc2sc(N3CC=CCC3)nc12. The Morgan fingerprint density at radius 1 is 1.30 bits per heavy atom. The maximum atomic E-state index is 11.3. The fourth-order valence-corrected chi connectivity index (χ4v) is 4.77. The van der Waals surface area contributed by atoms with Gasteiger partial charge in [0.2, 0.25) is 0 Å². The molecule has 1 aromatic carbocycles. The minimum Gasteiger partial charge on any atom is -0.476 e. The maximum Gasteiger partial charge on any atom is 0.356 e. The zero-order valence-electron chi connectivity index (χ0n) is 16.4. The molecule has 0 fully saturated rings. The molecule has 0 saturated carbocycles. The summed E-state index contributed by atoms with van der Waals surface area (Å²) in [6, 6.07) is 9.56. The lowest BCUT2D eigenvalue weighted by atomic mass is 10.1. The summed E-state index contributed by atoms with van der Waals surface area (Å²) in [6.07, 6.45) is 7.05. The molecular formula is C22H20N4O3S. The molecule has 152 valence electrons. The second-order valence-electron chi connectivity index (χ2n) is 7.30. The lowest BCUT2D eigenvalue weighted by molar-refractivity contribution is 0.0689. The molecule has 0 atom stereocenters. The topological polar surface area (TPSA) is 84.4 Å². The zero-order chi connectivity index (χ0) is 20.7. The van der Waals surface area contributed by atoms with Crippen LogP contribution < -0.4 is 4.90 Å². The van der Waals surface area contributed by atoms with Crippen LogP contribution in [0.5, 0.6) is 0 Å². The molecular weight excluding hydrogens is 400 g/mol. The van der Waals surface area contributed by atoms with Crippen molar-refractivity contribution < 1.29 is 14.3 Å². The van der Waals surface area contributed by atoms with Crippen LogP contribution in [0.15, 0.2) is 53.2 Å². The lowest BCUT2D eigenvalue weighted by Crippen LogP contribution is -2.26. The number of nitrogens with zero attached hydrogens (tertiary/aromatic N) is 4. The van der Waals surface area contributed by atoms with Gasteiger partial charge in [-0.1, -0.05) is 23.5 Å². The Kier molecular flexibility index (Phi) is 4.63. The normalized spacial score (nSPS) is 14.0. The quantitative estimate of drug-likeness (QED) is 0.476. The number of thiazole rings is 1. The first kappa shape index (κ1) is 18.6. The van der Waals surface area contributed by atoms with Gasteiger partial charge in [0, 0.05) is 29.9 Å². The van der Waals surface area contributed by atoms with Gasteiger partial charge in [0.15, 0.2) is 10.8 Å². The number of fused-ring (bicyclic) bond motifs is 1. The number of carboxylic acids is 1. The van der Waals surface area contributed by atoms with Gasteiger partial charge in [0.05, 0.1) is 23.0 Å². The third kappa shape index (κ3) is 3.39. The van der Waals surface area contributed by atoms with E-state index in [-0.39, 0.29) is 5.69 Å². The highest BCUT2D eigenvalue weighted by molar-refractivity contribution is 7.22. The number of aryl methyl sites for hydroxylation is 1. The van der Waals surface area contributed by atoms with Crippen molar-refractivity contribution in [1.29, 1.82) is 0 Å². The van der Waals surface area contributed by atoms with Crippen LogP contribution in [0.4, 0.5) is 5.13 Å². The van der Waals surface area contributed by atoms with Crippen molar-refractivity contribution in [1.82, 2.24) is 14.8 Å². The van der Waals surface area contributed by atoms with Crippen LogP contribution in [-0.4, -0.2) is 38.9 Å². The molecule has 1 aliphatic heterocycles. The number of furan rings is 1. The number of benzene rings is 1. The Morgan fingerprint density at radius 2 is 2.20 bits per heavy atom. The first-order valence-electron chi connectivity index (χ1n) is 9.73. The molecule has 1 N–H and O–H groups in total. The third-order valence-electron chi connectivity index (χ3n) is 5.22. The molecule has 3 aromatic heterocycles. The Morgan fingerprint density at radius 3 is 2.90 bits per heavy atom. The maximum absolute atomic E-state index is 11.3. The summed E-state index contributed by atoms with van der Waals surface area (Å²) >= 11 is 1.67. The molecule has 8 heteroatoms. The summed E-state index contributed by atoms with van der Waals surface area (Å²) in [5.74, 6) is -0.238. The number of aromatic nitrogens is 3. The molecule has 0 unspecified atom stereocenters. The van der Waals surface area contributed by atoms with Gasteiger partial charge < -0.3 is 14.4 Å². The molecule has 4 heterocycles. The number of carboxylic acid groups (broad SMARTS) is 1. The van der Waals surface area contributed by atoms with Crippen LogP contribution in [0.25, 0.3) is 21.5 Å². The molecule has 1 aliphatic rings. The third-order valence-corrected chi connectivity index (χ3v) is 6.28. The number of carbonyl (C=O) groups is 1. The van der Waals surface area contributed by atoms with Gasteiger partial charge >= 0.3 is 5.97 Å². The van der Waals surface area contributed by atoms with Crippen molar-refractivity contribution in [3.8, 4) is 11.3 Å². The van der Waals surface area contributed by atoms with Gasteiger partial charge in [0.1, 0.15) is 5.76 Å². The highest BCUT2D eigenvalue weighted by Crippen LogP contribution is 2.36. The average Bonchev–Trinajstić information content (AvgIpc) is 3.48. The van der Waals surface area contributed by atoms with Crippen molar-refractivity contribution >= 4 is 32.7 Å². The van der Waals surface area contributed by atoms with E-state index in [1.165, 1.54) is 0 Å². The first-order valence-corrected chi connectivity index (χ1v) is 10.5. The molecule has 0 radical (unpaired) electrons. The number of hydrogen-bond acceptors (Lipinski definition) is 6. The van der Waals surface area contributed by atoms with E-state index < -0.39 is 5.97 Å². The lowest BCUT2D eigenvalue weighted by Gasteiger charge is -2.22. The fraction of sp³-hybridized carbons (Fsp3) is 0.227. The monoisotopic (exact) mass is 420 g/mol. The van der Waals surface area contributed by atoms with Gasteiger partial charge in [-0.05, 0) is 43.7 Å². The Hall–Kier alpha value is -3.39. The summed E-state index contributed by atoms with van der Waals surface area (Å²) in [5, 5.41) is 14.5. The predicted molar refractivity (Wildman–Crippen MR) is 116 cm³/mol. The summed E-state index contributed by atoms with van der Waals surface area (Å²) in [4.78, 5) is 18.5. The predicted octanol–water partition coefficient (Wildman–Crippen LogP) is 4.57. The summed E-state index contributed by atoms with van der Waals surface area (Å²) in [7, 11) is 0. The Balaban J connectivity index is 1.61. The molecule has 0 amide bonds. The van der Waals surface area contributed by atoms with Crippen molar-refractivity contribution in [2.45, 2.75) is 19.9 Å². The average molecular weight is 420 g/mol. The highest BCUT2D eigenvalue weighted by Gasteiger charge is 2.18. The minimum atomic E-state index is -1.03. The molecule has 4 aromatic rings. The standard InChI is InChI=1S/C22H20N4O3S/c1-14-10-17(21(27)28)24-26(14)13-16-11-15(18-6-5-9-29-18)12-19-20(16)23-22(30-19)25-7-3-2-4-8-25/h2-3,5-6,9-12H,4,7-8,13H2,1H3,(H,27,28). The smallest absolute Gasteiger partial charge is 0.356 e. The van der Waals surface area contributed by atoms with Crippen LogP contribution in [0.1, 0.15) is 28.2 Å². The Bertz CT molecular complexity index is 1250. The van der Waals surface area contributed by atoms with Gasteiger partial charge in [-0.3, -0.25) is 4.68 Å². The number of rotatable bonds is 5. The minimum absolute atomic E-state index is 0.0463. The largest absolute Gasteiger partial charge is 0.476 e. The molecule has 0 bridgehead atoms. The van der Waals surface area contributed by atoms with Crippen LogP contribution in [0, 0.1) is 6.92 Å². The van der Waals surface area contributed by atoms with Gasteiger partial charge in [-0.2, -0.15) is 5.10 Å². The van der Waals surface area contributed by atoms with E-state index in [0.29, 0.717) is 6.54 Å². The Labute approximate surface area is 176 Å². The number of anilines is 1. The van der Waals surface area contributed by atoms with E-state index in [2.05, 4.69) is 34.3 Å². The van der Waals surface area contributed by atoms with E-state index in [1.54, 1.807) is 28.3 Å². The van der Waals surface area contributed by atoms with Crippen molar-refractivity contribution in [2.24, 2.45) is 0 Å². The van der Waals surface area contributed by atoms with Gasteiger partial charge in [-0.25, -0.2) is 9.78 Å². The molecule has 0 spiro atoms. The van der Waals surface area contributed by atoms with E-state index >= 15 is 0 Å². The number of hydrogen-bond donors (Lipinski definition) is 1. The van der Waals surface area contributed by atoms with Crippen LogP contribution >= 0.6 is 11.3 Å². The second-order valence-corrected chi connectivity index (χ2v) is 8.30. The van der Waals surface area contributed by atoms with E-state index in [4.69, 9.17) is 9.40 Å². The van der Waals surface area contributed by atoms with E-state index in [1.807, 2.05) is 19.1 Å². The van der Waals surface area contributed by atoms with Crippen LogP contribution in [-0.2, 0) is 6.54 Å². The van der Waals surface area contributed by atoms with Crippen LogP contribution in [0.2, 0.25) is 0 Å².